The van der Waals surface area contributed by atoms with Crippen LogP contribution in [0.25, 0.3) is 11.4 Å². The summed E-state index contributed by atoms with van der Waals surface area (Å²) >= 11 is 0. The maximum Gasteiger partial charge on any atom is 0.160 e. The minimum Gasteiger partial charge on any atom is -0.261 e. The summed E-state index contributed by atoms with van der Waals surface area (Å²) in [7, 11) is -2.98. The number of hydrogen-bond acceptors (Lipinski definition) is 5. The van der Waals surface area contributed by atoms with Gasteiger partial charge in [0.1, 0.15) is 0 Å². The summed E-state index contributed by atoms with van der Waals surface area (Å²) < 4.78 is 25.7. The van der Waals surface area contributed by atoms with Gasteiger partial charge in [0.05, 0.1) is 17.5 Å². The van der Waals surface area contributed by atoms with Crippen LogP contribution in [0.5, 0.6) is 0 Å². The zero-order valence-electron chi connectivity index (χ0n) is 15.2. The fraction of sp³-hybridized carbons (Fsp3) is 0.611. The molecule has 2 aromatic rings. The van der Waals surface area contributed by atoms with Crippen LogP contribution in [0.3, 0.4) is 0 Å². The van der Waals surface area contributed by atoms with Crippen molar-refractivity contribution in [3.63, 3.8) is 0 Å². The Morgan fingerprint density at radius 1 is 1.28 bits per heavy atom. The molecule has 3 heterocycles. The Morgan fingerprint density at radius 2 is 2.08 bits per heavy atom. The zero-order valence-corrected chi connectivity index (χ0v) is 16.0. The van der Waals surface area contributed by atoms with Crippen molar-refractivity contribution < 1.29 is 8.42 Å². The number of aromatic nitrogens is 4. The van der Waals surface area contributed by atoms with Crippen LogP contribution in [-0.2, 0) is 16.3 Å². The fourth-order valence-corrected chi connectivity index (χ4v) is 5.04. The van der Waals surface area contributed by atoms with E-state index in [-0.39, 0.29) is 17.5 Å². The Balaban J connectivity index is 1.99. The summed E-state index contributed by atoms with van der Waals surface area (Å²) in [5, 5.41) is 4.68. The Hall–Kier alpha value is -1.76. The van der Waals surface area contributed by atoms with Gasteiger partial charge in [-0.05, 0) is 38.3 Å². The molecule has 2 aromatic heterocycles. The number of aryl methyl sites for hydroxylation is 3. The molecule has 0 spiro atoms. The van der Waals surface area contributed by atoms with E-state index in [9.17, 15) is 8.42 Å². The third-order valence-electron chi connectivity index (χ3n) is 4.72. The Morgan fingerprint density at radius 3 is 2.72 bits per heavy atom. The molecule has 0 aromatic carbocycles. The lowest BCUT2D eigenvalue weighted by Crippen LogP contribution is -2.14. The molecule has 0 bridgehead atoms. The molecule has 6 nitrogen and oxygen atoms in total. The molecule has 1 fully saturated rings. The second kappa shape index (κ2) is 7.23. The molecular formula is C18H26N4O2S. The molecule has 1 atom stereocenters. The second-order valence-corrected chi connectivity index (χ2v) is 9.18. The SMILES string of the molecule is CCCCCc1nc(-c2cnc(C)cc2C)n(C2CCS(=O)(=O)C2)n1. The van der Waals surface area contributed by atoms with Crippen molar-refractivity contribution in [3.05, 3.63) is 29.3 Å². The first-order valence-corrected chi connectivity index (χ1v) is 10.8. The van der Waals surface area contributed by atoms with Crippen LogP contribution in [0.4, 0.5) is 0 Å². The van der Waals surface area contributed by atoms with Crippen molar-refractivity contribution in [2.75, 3.05) is 11.5 Å². The van der Waals surface area contributed by atoms with Crippen LogP contribution < -0.4 is 0 Å². The predicted molar refractivity (Wildman–Crippen MR) is 98.3 cm³/mol. The minimum atomic E-state index is -2.98. The molecule has 1 aliphatic rings. The number of pyridine rings is 1. The highest BCUT2D eigenvalue weighted by molar-refractivity contribution is 7.91. The maximum atomic E-state index is 11.9. The van der Waals surface area contributed by atoms with Crippen molar-refractivity contribution in [3.8, 4) is 11.4 Å². The van der Waals surface area contributed by atoms with Crippen LogP contribution in [0, 0.1) is 13.8 Å². The molecule has 7 heteroatoms. The standard InChI is InChI=1S/C18H26N4O2S/c1-4-5-6-7-17-20-18(16-11-19-14(3)10-13(16)2)22(21-17)15-8-9-25(23,24)12-15/h10-11,15H,4-9,12H2,1-3H3. The highest BCUT2D eigenvalue weighted by atomic mass is 32.2. The van der Waals surface area contributed by atoms with Gasteiger partial charge in [-0.2, -0.15) is 5.10 Å². The predicted octanol–water partition coefficient (Wildman–Crippen LogP) is 3.05. The van der Waals surface area contributed by atoms with Gasteiger partial charge in [0.2, 0.25) is 0 Å². The first kappa shape index (κ1) is 18.0. The van der Waals surface area contributed by atoms with Crippen molar-refractivity contribution in [1.29, 1.82) is 0 Å². The van der Waals surface area contributed by atoms with Gasteiger partial charge in [-0.15, -0.1) is 0 Å². The molecule has 25 heavy (non-hydrogen) atoms. The normalized spacial score (nSPS) is 19.4. The van der Waals surface area contributed by atoms with Gasteiger partial charge in [-0.1, -0.05) is 19.8 Å². The van der Waals surface area contributed by atoms with Crippen LogP contribution >= 0.6 is 0 Å². The van der Waals surface area contributed by atoms with Crippen molar-refractivity contribution >= 4 is 9.84 Å². The summed E-state index contributed by atoms with van der Waals surface area (Å²) in [6.45, 7) is 6.16. The van der Waals surface area contributed by atoms with E-state index in [0.29, 0.717) is 6.42 Å². The summed E-state index contributed by atoms with van der Waals surface area (Å²) in [4.78, 5) is 9.15. The number of rotatable bonds is 6. The quantitative estimate of drug-likeness (QED) is 0.738. The topological polar surface area (TPSA) is 77.7 Å². The van der Waals surface area contributed by atoms with Gasteiger partial charge >= 0.3 is 0 Å². The highest BCUT2D eigenvalue weighted by Crippen LogP contribution is 2.30. The summed E-state index contributed by atoms with van der Waals surface area (Å²) in [5.41, 5.74) is 2.98. The largest absolute Gasteiger partial charge is 0.261 e. The number of hydrogen-bond donors (Lipinski definition) is 0. The van der Waals surface area contributed by atoms with Crippen LogP contribution in [0.2, 0.25) is 0 Å². The molecule has 1 aliphatic heterocycles. The number of sulfone groups is 1. The van der Waals surface area contributed by atoms with Crippen molar-refractivity contribution in [1.82, 2.24) is 19.7 Å². The first-order valence-electron chi connectivity index (χ1n) is 8.99. The molecule has 0 radical (unpaired) electrons. The Kier molecular flexibility index (Phi) is 5.22. The molecule has 0 N–H and O–H groups in total. The lowest BCUT2D eigenvalue weighted by atomic mass is 10.1. The third-order valence-corrected chi connectivity index (χ3v) is 6.47. The lowest BCUT2D eigenvalue weighted by molar-refractivity contribution is 0.498. The fourth-order valence-electron chi connectivity index (χ4n) is 3.34. The van der Waals surface area contributed by atoms with Crippen LogP contribution in [0.1, 0.15) is 55.7 Å². The van der Waals surface area contributed by atoms with Gasteiger partial charge in [-0.25, -0.2) is 18.1 Å². The molecule has 0 saturated carbocycles. The minimum absolute atomic E-state index is 0.131. The van der Waals surface area contributed by atoms with E-state index in [1.807, 2.05) is 30.8 Å². The molecule has 3 rings (SSSR count). The summed E-state index contributed by atoms with van der Waals surface area (Å²) in [6, 6.07) is 1.89. The van der Waals surface area contributed by atoms with Gasteiger partial charge in [-0.3, -0.25) is 4.98 Å². The van der Waals surface area contributed by atoms with Crippen LogP contribution in [-0.4, -0.2) is 39.7 Å². The monoisotopic (exact) mass is 362 g/mol. The average molecular weight is 362 g/mol. The first-order chi connectivity index (χ1) is 11.9. The molecule has 0 amide bonds. The molecule has 0 aliphatic carbocycles. The van der Waals surface area contributed by atoms with E-state index < -0.39 is 9.84 Å². The van der Waals surface area contributed by atoms with E-state index in [4.69, 9.17) is 4.98 Å². The summed E-state index contributed by atoms with van der Waals surface area (Å²) in [6.07, 6.45) is 6.60. The van der Waals surface area contributed by atoms with Gasteiger partial charge in [0, 0.05) is 23.9 Å². The van der Waals surface area contributed by atoms with E-state index in [2.05, 4.69) is 17.0 Å². The van der Waals surface area contributed by atoms with Crippen molar-refractivity contribution in [2.45, 2.75) is 58.9 Å². The van der Waals surface area contributed by atoms with Crippen molar-refractivity contribution in [2.24, 2.45) is 0 Å². The van der Waals surface area contributed by atoms with E-state index in [0.717, 1.165) is 54.2 Å². The van der Waals surface area contributed by atoms with Gasteiger partial charge in [0.15, 0.2) is 21.5 Å². The smallest absolute Gasteiger partial charge is 0.160 e. The van der Waals surface area contributed by atoms with Crippen LogP contribution in [0.15, 0.2) is 12.3 Å². The highest BCUT2D eigenvalue weighted by Gasteiger charge is 2.32. The third kappa shape index (κ3) is 4.08. The molecular weight excluding hydrogens is 336 g/mol. The van der Waals surface area contributed by atoms with Gasteiger partial charge in [0.25, 0.3) is 0 Å². The average Bonchev–Trinajstić information content (AvgIpc) is 3.11. The van der Waals surface area contributed by atoms with E-state index >= 15 is 0 Å². The van der Waals surface area contributed by atoms with E-state index in [1.165, 1.54) is 0 Å². The Bertz CT molecular complexity index is 858. The molecule has 1 unspecified atom stereocenters. The maximum absolute atomic E-state index is 11.9. The molecule has 136 valence electrons. The zero-order chi connectivity index (χ0) is 18.0. The Labute approximate surface area is 149 Å². The number of nitrogens with zero attached hydrogens (tertiary/aromatic N) is 4. The lowest BCUT2D eigenvalue weighted by Gasteiger charge is -2.13. The van der Waals surface area contributed by atoms with Gasteiger partial charge < -0.3 is 0 Å². The summed E-state index contributed by atoms with van der Waals surface area (Å²) in [5.74, 6) is 1.93. The van der Waals surface area contributed by atoms with E-state index in [1.54, 1.807) is 0 Å². The number of unbranched alkanes of at least 4 members (excludes halogenated alkanes) is 2. The second-order valence-electron chi connectivity index (χ2n) is 6.95. The molecule has 1 saturated heterocycles.